The van der Waals surface area contributed by atoms with Crippen LogP contribution < -0.4 is 9.64 Å². The quantitative estimate of drug-likeness (QED) is 0.750. The Morgan fingerprint density at radius 3 is 2.72 bits per heavy atom. The minimum absolute atomic E-state index is 0.268. The Kier molecular flexibility index (Phi) is 4.24. The zero-order chi connectivity index (χ0) is 17.3. The zero-order valence-electron chi connectivity index (χ0n) is 14.8. The lowest BCUT2D eigenvalue weighted by Crippen LogP contribution is -2.36. The molecule has 4 rings (SSSR count). The van der Waals surface area contributed by atoms with Gasteiger partial charge in [0.2, 0.25) is 5.91 Å². The molecule has 0 aromatic heterocycles. The summed E-state index contributed by atoms with van der Waals surface area (Å²) in [6, 6.07) is 18.3. The van der Waals surface area contributed by atoms with E-state index in [1.54, 1.807) is 0 Å². The van der Waals surface area contributed by atoms with Crippen molar-refractivity contribution in [2.45, 2.75) is 37.5 Å². The topological polar surface area (TPSA) is 29.5 Å². The number of carbonyl (C=O) groups is 1. The third-order valence-electron chi connectivity index (χ3n) is 5.88. The molecule has 2 aromatic rings. The molecule has 2 atom stereocenters. The normalized spacial score (nSPS) is 24.8. The fourth-order valence-corrected chi connectivity index (χ4v) is 4.63. The number of carbonyl (C=O) groups excluding carboxylic acids is 1. The van der Waals surface area contributed by atoms with Crippen molar-refractivity contribution in [3.8, 4) is 5.75 Å². The second-order valence-corrected chi connectivity index (χ2v) is 7.38. The summed E-state index contributed by atoms with van der Waals surface area (Å²) in [6.07, 6.45) is 5.28. The van der Waals surface area contributed by atoms with Crippen LogP contribution in [0.3, 0.4) is 0 Å². The standard InChI is InChI=1S/C22H25NO2/c1-23-20-12-6-5-11-19(20)22(21(23)24)14-13-17(16-22)8-7-15-25-18-9-3-2-4-10-18/h2-6,9-12,17H,7-8,13-16H2,1H3/t17-,22-/m1/s1. The number of ether oxygens (including phenoxy) is 1. The van der Waals surface area contributed by atoms with Gasteiger partial charge in [0.1, 0.15) is 5.75 Å². The molecule has 1 spiro atoms. The van der Waals surface area contributed by atoms with Gasteiger partial charge >= 0.3 is 0 Å². The number of anilines is 1. The predicted molar refractivity (Wildman–Crippen MR) is 100 cm³/mol. The van der Waals surface area contributed by atoms with Crippen LogP contribution in [-0.2, 0) is 10.2 Å². The Morgan fingerprint density at radius 2 is 1.88 bits per heavy atom. The molecule has 130 valence electrons. The number of nitrogens with zero attached hydrogens (tertiary/aromatic N) is 1. The molecule has 1 aliphatic heterocycles. The van der Waals surface area contributed by atoms with E-state index in [0.29, 0.717) is 5.92 Å². The molecule has 0 unspecified atom stereocenters. The molecule has 2 aromatic carbocycles. The lowest BCUT2D eigenvalue weighted by Gasteiger charge is -2.23. The van der Waals surface area contributed by atoms with Crippen molar-refractivity contribution in [3.63, 3.8) is 0 Å². The Bertz CT molecular complexity index is 758. The minimum Gasteiger partial charge on any atom is -0.494 e. The predicted octanol–water partition coefficient (Wildman–Crippen LogP) is 4.56. The van der Waals surface area contributed by atoms with Crippen LogP contribution >= 0.6 is 0 Å². The monoisotopic (exact) mass is 335 g/mol. The number of fused-ring (bicyclic) bond motifs is 2. The van der Waals surface area contributed by atoms with E-state index < -0.39 is 0 Å². The van der Waals surface area contributed by atoms with Crippen molar-refractivity contribution in [1.29, 1.82) is 0 Å². The number of amides is 1. The molecule has 25 heavy (non-hydrogen) atoms. The minimum atomic E-state index is -0.268. The van der Waals surface area contributed by atoms with Gasteiger partial charge < -0.3 is 9.64 Å². The number of likely N-dealkylation sites (N-methyl/N-ethyl adjacent to an activating group) is 1. The van der Waals surface area contributed by atoms with Crippen molar-refractivity contribution in [2.24, 2.45) is 5.92 Å². The smallest absolute Gasteiger partial charge is 0.237 e. The van der Waals surface area contributed by atoms with Gasteiger partial charge in [0.05, 0.1) is 12.0 Å². The van der Waals surface area contributed by atoms with Gasteiger partial charge in [-0.2, -0.15) is 0 Å². The first-order chi connectivity index (χ1) is 12.2. The largest absolute Gasteiger partial charge is 0.494 e. The summed E-state index contributed by atoms with van der Waals surface area (Å²) in [5, 5.41) is 0. The molecule has 1 heterocycles. The number of hydrogen-bond acceptors (Lipinski definition) is 2. The van der Waals surface area contributed by atoms with Gasteiger partial charge in [0.15, 0.2) is 0 Å². The van der Waals surface area contributed by atoms with Crippen LogP contribution in [0, 0.1) is 5.92 Å². The second-order valence-electron chi connectivity index (χ2n) is 7.38. The average Bonchev–Trinajstić information content (AvgIpc) is 3.17. The molecule has 0 radical (unpaired) electrons. The van der Waals surface area contributed by atoms with E-state index in [-0.39, 0.29) is 11.3 Å². The van der Waals surface area contributed by atoms with E-state index in [1.807, 2.05) is 48.3 Å². The Morgan fingerprint density at radius 1 is 1.12 bits per heavy atom. The van der Waals surface area contributed by atoms with E-state index in [0.717, 1.165) is 50.1 Å². The lowest BCUT2D eigenvalue weighted by atomic mass is 9.79. The average molecular weight is 335 g/mol. The summed E-state index contributed by atoms with van der Waals surface area (Å²) in [7, 11) is 1.91. The molecular formula is C22H25NO2. The fraction of sp³-hybridized carbons (Fsp3) is 0.409. The molecule has 0 bridgehead atoms. The third-order valence-corrected chi connectivity index (χ3v) is 5.88. The highest BCUT2D eigenvalue weighted by atomic mass is 16.5. The highest BCUT2D eigenvalue weighted by Gasteiger charge is 2.53. The molecule has 1 aliphatic carbocycles. The zero-order valence-corrected chi connectivity index (χ0v) is 14.8. The van der Waals surface area contributed by atoms with Crippen molar-refractivity contribution < 1.29 is 9.53 Å². The summed E-state index contributed by atoms with van der Waals surface area (Å²) < 4.78 is 5.80. The van der Waals surface area contributed by atoms with Gasteiger partial charge in [-0.05, 0) is 61.8 Å². The first-order valence-electron chi connectivity index (χ1n) is 9.26. The Hall–Kier alpha value is -2.29. The van der Waals surface area contributed by atoms with E-state index in [9.17, 15) is 4.79 Å². The van der Waals surface area contributed by atoms with Gasteiger partial charge in [0.25, 0.3) is 0 Å². The van der Waals surface area contributed by atoms with E-state index in [1.165, 1.54) is 5.56 Å². The summed E-state index contributed by atoms with van der Waals surface area (Å²) in [5.41, 5.74) is 2.07. The Labute approximate surface area is 149 Å². The van der Waals surface area contributed by atoms with E-state index in [4.69, 9.17) is 4.74 Å². The van der Waals surface area contributed by atoms with Crippen LogP contribution in [0.5, 0.6) is 5.75 Å². The van der Waals surface area contributed by atoms with Crippen molar-refractivity contribution in [2.75, 3.05) is 18.6 Å². The van der Waals surface area contributed by atoms with Crippen LogP contribution in [0.4, 0.5) is 5.69 Å². The number of rotatable bonds is 5. The van der Waals surface area contributed by atoms with Crippen molar-refractivity contribution in [1.82, 2.24) is 0 Å². The molecule has 3 heteroatoms. The molecule has 3 nitrogen and oxygen atoms in total. The van der Waals surface area contributed by atoms with Crippen LogP contribution in [0.15, 0.2) is 54.6 Å². The molecule has 1 fully saturated rings. The first kappa shape index (κ1) is 16.2. The van der Waals surface area contributed by atoms with Gasteiger partial charge in [-0.3, -0.25) is 4.79 Å². The fourth-order valence-electron chi connectivity index (χ4n) is 4.63. The third kappa shape index (κ3) is 2.82. The van der Waals surface area contributed by atoms with Gasteiger partial charge in [-0.1, -0.05) is 36.4 Å². The summed E-state index contributed by atoms with van der Waals surface area (Å²) in [6.45, 7) is 0.748. The van der Waals surface area contributed by atoms with Gasteiger partial charge in [-0.25, -0.2) is 0 Å². The summed E-state index contributed by atoms with van der Waals surface area (Å²) in [4.78, 5) is 14.8. The highest BCUT2D eigenvalue weighted by molar-refractivity contribution is 6.07. The van der Waals surface area contributed by atoms with Crippen LogP contribution in [0.25, 0.3) is 0 Å². The molecule has 1 amide bonds. The van der Waals surface area contributed by atoms with Crippen LogP contribution in [-0.4, -0.2) is 19.6 Å². The number of para-hydroxylation sites is 2. The SMILES string of the molecule is CN1C(=O)[C@@]2(CC[C@@H](CCCOc3ccccc3)C2)c2ccccc21. The highest BCUT2D eigenvalue weighted by Crippen LogP contribution is 2.53. The van der Waals surface area contributed by atoms with E-state index in [2.05, 4.69) is 18.2 Å². The van der Waals surface area contributed by atoms with Gasteiger partial charge in [-0.15, -0.1) is 0 Å². The molecule has 2 aliphatic rings. The lowest BCUT2D eigenvalue weighted by molar-refractivity contribution is -0.122. The van der Waals surface area contributed by atoms with Gasteiger partial charge in [0, 0.05) is 12.7 Å². The van der Waals surface area contributed by atoms with Crippen molar-refractivity contribution >= 4 is 11.6 Å². The van der Waals surface area contributed by atoms with Crippen LogP contribution in [0.2, 0.25) is 0 Å². The number of hydrogen-bond donors (Lipinski definition) is 0. The maximum absolute atomic E-state index is 12.9. The van der Waals surface area contributed by atoms with E-state index >= 15 is 0 Å². The Balaban J connectivity index is 1.36. The van der Waals surface area contributed by atoms with Crippen molar-refractivity contribution in [3.05, 3.63) is 60.2 Å². The summed E-state index contributed by atoms with van der Waals surface area (Å²) in [5.74, 6) is 1.84. The molecule has 0 saturated heterocycles. The maximum atomic E-state index is 12.9. The first-order valence-corrected chi connectivity index (χ1v) is 9.26. The van der Waals surface area contributed by atoms with Crippen LogP contribution in [0.1, 0.15) is 37.7 Å². The second kappa shape index (κ2) is 6.55. The maximum Gasteiger partial charge on any atom is 0.237 e. The number of benzene rings is 2. The summed E-state index contributed by atoms with van der Waals surface area (Å²) >= 11 is 0. The molecule has 0 N–H and O–H groups in total. The molecule has 1 saturated carbocycles. The molecular weight excluding hydrogens is 310 g/mol.